The molecule has 1 saturated carbocycles. The smallest absolute Gasteiger partial charge is 0.123 e. The molecule has 1 aliphatic heterocycles. The Balaban J connectivity index is 1.59. The van der Waals surface area contributed by atoms with E-state index in [2.05, 4.69) is 48.9 Å². The van der Waals surface area contributed by atoms with Crippen LogP contribution in [0.4, 0.5) is 0 Å². The molecule has 2 bridgehead atoms. The number of nitrogens with zero attached hydrogens (tertiary/aromatic N) is 2. The van der Waals surface area contributed by atoms with Crippen LogP contribution in [0.25, 0.3) is 0 Å². The number of fused-ring (bicyclic) bond motifs is 2. The van der Waals surface area contributed by atoms with E-state index in [9.17, 15) is 5.11 Å². The van der Waals surface area contributed by atoms with Crippen molar-refractivity contribution in [2.75, 3.05) is 20.2 Å². The second-order valence-electron chi connectivity index (χ2n) is 9.84. The maximum Gasteiger partial charge on any atom is 0.123 e. The minimum atomic E-state index is -0.798. The number of aromatic nitrogens is 1. The van der Waals surface area contributed by atoms with Crippen LogP contribution in [-0.2, 0) is 17.6 Å². The third-order valence-corrected chi connectivity index (χ3v) is 6.92. The van der Waals surface area contributed by atoms with Gasteiger partial charge in [0.1, 0.15) is 11.4 Å². The number of piperidine rings is 1. The fourth-order valence-corrected chi connectivity index (χ4v) is 5.30. The summed E-state index contributed by atoms with van der Waals surface area (Å²) in [5, 5.41) is 11.7. The van der Waals surface area contributed by atoms with Gasteiger partial charge in [-0.2, -0.15) is 0 Å². The SMILES string of the molecule is COc1ccc(C(C)(C)C)cc1CN1C[C@@H]2CCC[C@@H](C1)C2(O)c1ccccn1. The average molecular weight is 395 g/mol. The van der Waals surface area contributed by atoms with Crippen molar-refractivity contribution in [1.82, 2.24) is 9.88 Å². The summed E-state index contributed by atoms with van der Waals surface area (Å²) in [6, 6.07) is 12.5. The standard InChI is InChI=1S/C25H34N2O2/c1-24(2,3)19-11-12-22(29-4)18(14-19)15-27-16-20-8-7-9-21(17-27)25(20,28)23-10-5-6-13-26-23/h5-6,10-14,20-21,28H,7-9,15-17H2,1-4H3/t20-,21-/m0/s1. The highest BCUT2D eigenvalue weighted by molar-refractivity contribution is 5.40. The number of pyridine rings is 1. The van der Waals surface area contributed by atoms with E-state index >= 15 is 0 Å². The summed E-state index contributed by atoms with van der Waals surface area (Å²) in [5.41, 5.74) is 2.73. The molecule has 1 aromatic heterocycles. The van der Waals surface area contributed by atoms with Crippen LogP contribution in [0.15, 0.2) is 42.6 Å². The van der Waals surface area contributed by atoms with Gasteiger partial charge in [0.2, 0.25) is 0 Å². The number of benzene rings is 1. The molecule has 4 heteroatoms. The molecule has 0 spiro atoms. The summed E-state index contributed by atoms with van der Waals surface area (Å²) in [5.74, 6) is 1.40. The lowest BCUT2D eigenvalue weighted by molar-refractivity contribution is -0.151. The molecule has 2 aliphatic rings. The minimum Gasteiger partial charge on any atom is -0.496 e. The second-order valence-corrected chi connectivity index (χ2v) is 9.84. The number of ether oxygens (including phenoxy) is 1. The van der Waals surface area contributed by atoms with Crippen molar-refractivity contribution in [2.45, 2.75) is 57.6 Å². The van der Waals surface area contributed by atoms with Gasteiger partial charge in [-0.3, -0.25) is 9.88 Å². The summed E-state index contributed by atoms with van der Waals surface area (Å²) >= 11 is 0. The van der Waals surface area contributed by atoms with E-state index < -0.39 is 5.60 Å². The van der Waals surface area contributed by atoms with Crippen molar-refractivity contribution in [1.29, 1.82) is 0 Å². The Morgan fingerprint density at radius 3 is 2.45 bits per heavy atom. The molecule has 2 atom stereocenters. The van der Waals surface area contributed by atoms with Gasteiger partial charge in [0, 0.05) is 43.2 Å². The first-order chi connectivity index (χ1) is 13.8. The van der Waals surface area contributed by atoms with E-state index in [1.54, 1.807) is 13.3 Å². The second kappa shape index (κ2) is 7.73. The Bertz CT molecular complexity index is 830. The Morgan fingerprint density at radius 1 is 1.14 bits per heavy atom. The quantitative estimate of drug-likeness (QED) is 0.829. The van der Waals surface area contributed by atoms with Crippen LogP contribution in [0.2, 0.25) is 0 Å². The molecule has 4 rings (SSSR count). The fourth-order valence-electron chi connectivity index (χ4n) is 5.30. The molecule has 0 amide bonds. The molecule has 29 heavy (non-hydrogen) atoms. The van der Waals surface area contributed by atoms with Crippen molar-refractivity contribution in [3.05, 3.63) is 59.4 Å². The number of methoxy groups -OCH3 is 1. The molecular formula is C25H34N2O2. The van der Waals surface area contributed by atoms with Crippen LogP contribution >= 0.6 is 0 Å². The van der Waals surface area contributed by atoms with Gasteiger partial charge in [-0.05, 0) is 42.0 Å². The van der Waals surface area contributed by atoms with Gasteiger partial charge in [0.25, 0.3) is 0 Å². The van der Waals surface area contributed by atoms with E-state index in [1.807, 2.05) is 18.2 Å². The Kier molecular flexibility index (Phi) is 5.43. The van der Waals surface area contributed by atoms with Gasteiger partial charge in [-0.1, -0.05) is 45.4 Å². The van der Waals surface area contributed by atoms with Gasteiger partial charge < -0.3 is 9.84 Å². The van der Waals surface area contributed by atoms with Gasteiger partial charge >= 0.3 is 0 Å². The number of rotatable bonds is 4. The van der Waals surface area contributed by atoms with Crippen molar-refractivity contribution in [2.24, 2.45) is 11.8 Å². The lowest BCUT2D eigenvalue weighted by atomic mass is 9.64. The zero-order valence-corrected chi connectivity index (χ0v) is 18.2. The zero-order valence-electron chi connectivity index (χ0n) is 18.2. The molecule has 0 unspecified atom stereocenters. The molecule has 4 nitrogen and oxygen atoms in total. The van der Waals surface area contributed by atoms with Crippen LogP contribution in [0.5, 0.6) is 5.75 Å². The van der Waals surface area contributed by atoms with Gasteiger partial charge in [0.05, 0.1) is 12.8 Å². The van der Waals surface area contributed by atoms with Gasteiger partial charge in [-0.25, -0.2) is 0 Å². The number of aliphatic hydroxyl groups is 1. The Hall–Kier alpha value is -1.91. The maximum absolute atomic E-state index is 11.7. The monoisotopic (exact) mass is 394 g/mol. The normalized spacial score (nSPS) is 27.6. The first-order valence-electron chi connectivity index (χ1n) is 10.9. The Morgan fingerprint density at radius 2 is 1.86 bits per heavy atom. The largest absolute Gasteiger partial charge is 0.496 e. The molecule has 2 fully saturated rings. The summed E-state index contributed by atoms with van der Waals surface area (Å²) in [6.45, 7) is 9.39. The lowest BCUT2D eigenvalue weighted by Crippen LogP contribution is -2.58. The van der Waals surface area contributed by atoms with Crippen molar-refractivity contribution < 1.29 is 9.84 Å². The van der Waals surface area contributed by atoms with Crippen molar-refractivity contribution >= 4 is 0 Å². The summed E-state index contributed by atoms with van der Waals surface area (Å²) < 4.78 is 5.67. The molecule has 1 N–H and O–H groups in total. The molecule has 0 radical (unpaired) electrons. The first-order valence-corrected chi connectivity index (χ1v) is 10.9. The third kappa shape index (κ3) is 3.80. The lowest BCUT2D eigenvalue weighted by Gasteiger charge is -2.52. The predicted octanol–water partition coefficient (Wildman–Crippen LogP) is 4.51. The average Bonchev–Trinajstić information content (AvgIpc) is 2.69. The topological polar surface area (TPSA) is 45.6 Å². The van der Waals surface area contributed by atoms with Crippen LogP contribution in [0.3, 0.4) is 0 Å². The molecule has 1 saturated heterocycles. The van der Waals surface area contributed by atoms with Gasteiger partial charge in [0.15, 0.2) is 0 Å². The van der Waals surface area contributed by atoms with E-state index in [4.69, 9.17) is 4.74 Å². The van der Waals surface area contributed by atoms with E-state index in [0.29, 0.717) is 0 Å². The zero-order chi connectivity index (χ0) is 20.6. The fraction of sp³-hybridized carbons (Fsp3) is 0.560. The Labute approximate surface area is 174 Å². The van der Waals surface area contributed by atoms with Crippen LogP contribution in [0.1, 0.15) is 56.9 Å². The van der Waals surface area contributed by atoms with Crippen LogP contribution in [0, 0.1) is 11.8 Å². The van der Waals surface area contributed by atoms with Crippen LogP contribution < -0.4 is 4.74 Å². The predicted molar refractivity (Wildman–Crippen MR) is 116 cm³/mol. The molecule has 156 valence electrons. The first kappa shape index (κ1) is 20.4. The maximum atomic E-state index is 11.7. The van der Waals surface area contributed by atoms with Gasteiger partial charge in [-0.15, -0.1) is 0 Å². The van der Waals surface area contributed by atoms with Crippen molar-refractivity contribution in [3.8, 4) is 5.75 Å². The van der Waals surface area contributed by atoms with E-state index in [-0.39, 0.29) is 17.3 Å². The molecule has 1 aliphatic carbocycles. The highest BCUT2D eigenvalue weighted by atomic mass is 16.5. The van der Waals surface area contributed by atoms with Crippen molar-refractivity contribution in [3.63, 3.8) is 0 Å². The highest BCUT2D eigenvalue weighted by Crippen LogP contribution is 2.49. The molecular weight excluding hydrogens is 360 g/mol. The van der Waals surface area contributed by atoms with E-state index in [0.717, 1.165) is 43.9 Å². The summed E-state index contributed by atoms with van der Waals surface area (Å²) in [6.07, 6.45) is 5.11. The molecule has 2 heterocycles. The summed E-state index contributed by atoms with van der Waals surface area (Å²) in [4.78, 5) is 7.05. The summed E-state index contributed by atoms with van der Waals surface area (Å²) in [7, 11) is 1.75. The number of likely N-dealkylation sites (tertiary alicyclic amines) is 1. The van der Waals surface area contributed by atoms with E-state index in [1.165, 1.54) is 17.5 Å². The minimum absolute atomic E-state index is 0.110. The highest BCUT2D eigenvalue weighted by Gasteiger charge is 2.52. The number of hydrogen-bond acceptors (Lipinski definition) is 4. The molecule has 2 aromatic rings. The molecule has 1 aromatic carbocycles. The van der Waals surface area contributed by atoms with Crippen LogP contribution in [-0.4, -0.2) is 35.2 Å². The third-order valence-electron chi connectivity index (χ3n) is 6.92. The number of hydrogen-bond donors (Lipinski definition) is 1.